The predicted molar refractivity (Wildman–Crippen MR) is 72.5 cm³/mol. The van der Waals surface area contributed by atoms with E-state index >= 15 is 0 Å². The van der Waals surface area contributed by atoms with Crippen molar-refractivity contribution in [2.24, 2.45) is 5.92 Å². The number of nitrogens with zero attached hydrogens (tertiary/aromatic N) is 2. The third-order valence-electron chi connectivity index (χ3n) is 3.34. The molecule has 6 nitrogen and oxygen atoms in total. The number of rotatable bonds is 7. The second-order valence-corrected chi connectivity index (χ2v) is 6.26. The Morgan fingerprint density at radius 3 is 2.00 bits per heavy atom. The molecule has 0 saturated heterocycles. The molecule has 0 aliphatic heterocycles. The summed E-state index contributed by atoms with van der Waals surface area (Å²) in [5, 5.41) is 18.8. The molecule has 1 saturated carbocycles. The van der Waals surface area contributed by atoms with Crippen molar-refractivity contribution in [1.29, 1.82) is 10.5 Å². The minimum absolute atomic E-state index is 0.120. The van der Waals surface area contributed by atoms with E-state index < -0.39 is 13.4 Å². The van der Waals surface area contributed by atoms with Crippen LogP contribution in [0.25, 0.3) is 0 Å². The van der Waals surface area contributed by atoms with Crippen LogP contribution in [0.1, 0.15) is 46.0 Å². The Kier molecular flexibility index (Phi) is 6.65. The second kappa shape index (κ2) is 7.76. The van der Waals surface area contributed by atoms with Crippen LogP contribution < -0.4 is 0 Å². The first-order chi connectivity index (χ1) is 9.55. The van der Waals surface area contributed by atoms with Gasteiger partial charge in [0.25, 0.3) is 5.60 Å². The lowest BCUT2D eigenvalue weighted by molar-refractivity contribution is 0.0321. The first-order valence-electron chi connectivity index (χ1n) is 6.98. The zero-order valence-corrected chi connectivity index (χ0v) is 12.9. The Balaban J connectivity index is 2.98. The molecule has 0 heterocycles. The number of nitriles is 2. The quantitative estimate of drug-likeness (QED) is 0.667. The smallest absolute Gasteiger partial charge is 0.287 e. The lowest BCUT2D eigenvalue weighted by Gasteiger charge is -2.33. The lowest BCUT2D eigenvalue weighted by Crippen LogP contribution is -2.38. The van der Waals surface area contributed by atoms with Gasteiger partial charge in [0.05, 0.1) is 13.2 Å². The summed E-state index contributed by atoms with van der Waals surface area (Å²) in [6.07, 6.45) is 4.37. The highest BCUT2D eigenvalue weighted by Crippen LogP contribution is 2.54. The summed E-state index contributed by atoms with van der Waals surface area (Å²) in [6, 6.07) is 3.78. The number of hydrogen-bond acceptors (Lipinski definition) is 6. The molecule has 1 aliphatic rings. The monoisotopic (exact) mass is 300 g/mol. The fraction of sp³-hybridized carbons (Fsp3) is 0.846. The highest BCUT2D eigenvalue weighted by Gasteiger charge is 2.48. The molecule has 0 aromatic rings. The Morgan fingerprint density at radius 2 is 1.60 bits per heavy atom. The summed E-state index contributed by atoms with van der Waals surface area (Å²) >= 11 is 0. The molecule has 0 radical (unpaired) electrons. The summed E-state index contributed by atoms with van der Waals surface area (Å²) in [5.41, 5.74) is -1.76. The summed E-state index contributed by atoms with van der Waals surface area (Å²) in [4.78, 5) is 0. The van der Waals surface area contributed by atoms with Crippen molar-refractivity contribution in [3.05, 3.63) is 0 Å². The molecule has 1 fully saturated rings. The third-order valence-corrected chi connectivity index (χ3v) is 5.00. The van der Waals surface area contributed by atoms with E-state index in [4.69, 9.17) is 13.6 Å². The van der Waals surface area contributed by atoms with Gasteiger partial charge < -0.3 is 0 Å². The van der Waals surface area contributed by atoms with Crippen LogP contribution in [0.4, 0.5) is 0 Å². The van der Waals surface area contributed by atoms with Crippen molar-refractivity contribution in [2.75, 3.05) is 13.2 Å². The lowest BCUT2D eigenvalue weighted by atomic mass is 9.78. The fourth-order valence-electron chi connectivity index (χ4n) is 2.41. The van der Waals surface area contributed by atoms with E-state index in [2.05, 4.69) is 0 Å². The summed E-state index contributed by atoms with van der Waals surface area (Å²) in [5.74, 6) is -0.263. The molecule has 7 heteroatoms. The van der Waals surface area contributed by atoms with Gasteiger partial charge in [-0.15, -0.1) is 0 Å². The van der Waals surface area contributed by atoms with E-state index in [-0.39, 0.29) is 19.1 Å². The maximum Gasteiger partial charge on any atom is 0.477 e. The van der Waals surface area contributed by atoms with Crippen LogP contribution in [0.3, 0.4) is 0 Å². The molecule has 0 amide bonds. The Hall–Kier alpha value is -0.910. The van der Waals surface area contributed by atoms with Crippen molar-refractivity contribution in [1.82, 2.24) is 0 Å². The predicted octanol–water partition coefficient (Wildman–Crippen LogP) is 3.55. The van der Waals surface area contributed by atoms with Crippen LogP contribution in [0.5, 0.6) is 0 Å². The van der Waals surface area contributed by atoms with Crippen LogP contribution in [-0.2, 0) is 18.1 Å². The van der Waals surface area contributed by atoms with Crippen molar-refractivity contribution in [3.8, 4) is 12.1 Å². The van der Waals surface area contributed by atoms with Gasteiger partial charge in [0, 0.05) is 5.92 Å². The van der Waals surface area contributed by atoms with Gasteiger partial charge in [0.15, 0.2) is 0 Å². The van der Waals surface area contributed by atoms with E-state index in [0.717, 1.165) is 19.3 Å². The van der Waals surface area contributed by atoms with Crippen LogP contribution in [0, 0.1) is 28.6 Å². The summed E-state index contributed by atoms with van der Waals surface area (Å²) in [6.45, 7) is 3.54. The van der Waals surface area contributed by atoms with Gasteiger partial charge in [-0.1, -0.05) is 19.3 Å². The molecule has 112 valence electrons. The van der Waals surface area contributed by atoms with Crippen LogP contribution in [0.2, 0.25) is 0 Å². The van der Waals surface area contributed by atoms with E-state index in [1.807, 2.05) is 12.1 Å². The Bertz CT molecular complexity index is 411. The molecular formula is C13H21N2O4P. The van der Waals surface area contributed by atoms with E-state index in [0.29, 0.717) is 12.8 Å². The molecule has 0 aromatic carbocycles. The molecule has 20 heavy (non-hydrogen) atoms. The van der Waals surface area contributed by atoms with Crippen molar-refractivity contribution in [3.63, 3.8) is 0 Å². The van der Waals surface area contributed by atoms with Gasteiger partial charge in [-0.2, -0.15) is 10.5 Å². The maximum atomic E-state index is 12.4. The van der Waals surface area contributed by atoms with Gasteiger partial charge in [0.1, 0.15) is 12.1 Å². The van der Waals surface area contributed by atoms with E-state index in [1.165, 1.54) is 0 Å². The zero-order chi connectivity index (χ0) is 15.1. The average molecular weight is 300 g/mol. The van der Waals surface area contributed by atoms with Gasteiger partial charge in [-0.25, -0.2) is 4.57 Å². The standard InChI is InChI=1S/C13H21N2O4P/c1-3-17-20(16,18-4-2)19-13(10-14,11-15)12-8-6-5-7-9-12/h12H,3-9H2,1-2H3. The minimum atomic E-state index is -3.89. The third kappa shape index (κ3) is 4.04. The molecule has 0 atom stereocenters. The first kappa shape index (κ1) is 17.1. The van der Waals surface area contributed by atoms with Crippen molar-refractivity contribution < 1.29 is 18.1 Å². The highest BCUT2D eigenvalue weighted by atomic mass is 31.2. The van der Waals surface area contributed by atoms with Crippen LogP contribution in [-0.4, -0.2) is 18.8 Å². The molecule has 0 spiro atoms. The normalized spacial score (nSPS) is 17.4. The SMILES string of the molecule is CCOP(=O)(OCC)OC(C#N)(C#N)C1CCCCC1. The second-order valence-electron chi connectivity index (χ2n) is 4.67. The Labute approximate surface area is 120 Å². The van der Waals surface area contributed by atoms with Gasteiger partial charge >= 0.3 is 7.82 Å². The van der Waals surface area contributed by atoms with Gasteiger partial charge in [-0.05, 0) is 26.7 Å². The number of phosphoric ester groups is 1. The van der Waals surface area contributed by atoms with Crippen molar-refractivity contribution >= 4 is 7.82 Å². The van der Waals surface area contributed by atoms with Crippen molar-refractivity contribution in [2.45, 2.75) is 51.6 Å². The summed E-state index contributed by atoms with van der Waals surface area (Å²) in [7, 11) is -3.89. The number of phosphoric acid groups is 1. The molecule has 0 unspecified atom stereocenters. The van der Waals surface area contributed by atoms with E-state index in [9.17, 15) is 15.1 Å². The zero-order valence-electron chi connectivity index (χ0n) is 12.0. The minimum Gasteiger partial charge on any atom is -0.287 e. The molecular weight excluding hydrogens is 279 g/mol. The number of hydrogen-bond donors (Lipinski definition) is 0. The molecule has 0 aromatic heterocycles. The Morgan fingerprint density at radius 1 is 1.10 bits per heavy atom. The molecule has 1 aliphatic carbocycles. The van der Waals surface area contributed by atoms with E-state index in [1.54, 1.807) is 13.8 Å². The fourth-order valence-corrected chi connectivity index (χ4v) is 3.81. The highest BCUT2D eigenvalue weighted by molar-refractivity contribution is 7.48. The molecule has 0 N–H and O–H groups in total. The topological polar surface area (TPSA) is 92.3 Å². The van der Waals surface area contributed by atoms with Crippen LogP contribution in [0.15, 0.2) is 0 Å². The molecule has 1 rings (SSSR count). The van der Waals surface area contributed by atoms with Gasteiger partial charge in [-0.3, -0.25) is 13.6 Å². The molecule has 0 bridgehead atoms. The average Bonchev–Trinajstić information content (AvgIpc) is 2.46. The van der Waals surface area contributed by atoms with Crippen LogP contribution >= 0.6 is 7.82 Å². The first-order valence-corrected chi connectivity index (χ1v) is 8.44. The van der Waals surface area contributed by atoms with Gasteiger partial charge in [0.2, 0.25) is 0 Å². The summed E-state index contributed by atoms with van der Waals surface area (Å²) < 4.78 is 27.8. The maximum absolute atomic E-state index is 12.4. The largest absolute Gasteiger partial charge is 0.477 e.